The van der Waals surface area contributed by atoms with Crippen LogP contribution in [-0.4, -0.2) is 33.7 Å². The van der Waals surface area contributed by atoms with Crippen LogP contribution in [0.5, 0.6) is 0 Å². The maximum absolute atomic E-state index is 12.5. The zero-order valence-electron chi connectivity index (χ0n) is 11.9. The Bertz CT molecular complexity index is 575. The van der Waals surface area contributed by atoms with Crippen LogP contribution in [0.3, 0.4) is 0 Å². The number of aromatic nitrogens is 3. The zero-order valence-corrected chi connectivity index (χ0v) is 11.9. The quantitative estimate of drug-likeness (QED) is 0.921. The van der Waals surface area contributed by atoms with E-state index in [2.05, 4.69) is 27.0 Å². The maximum atomic E-state index is 12.5. The smallest absolute Gasteiger partial charge is 0.302 e. The first-order valence-electron chi connectivity index (χ1n) is 6.66. The van der Waals surface area contributed by atoms with E-state index in [0.717, 1.165) is 24.6 Å². The van der Waals surface area contributed by atoms with Crippen molar-refractivity contribution in [3.63, 3.8) is 0 Å². The van der Waals surface area contributed by atoms with Crippen molar-refractivity contribution < 1.29 is 13.2 Å². The van der Waals surface area contributed by atoms with Gasteiger partial charge in [0, 0.05) is 30.1 Å². The summed E-state index contributed by atoms with van der Waals surface area (Å²) in [5, 5.41) is 6.88. The van der Waals surface area contributed by atoms with Gasteiger partial charge < -0.3 is 4.90 Å². The standard InChI is InChI=1S/C14H17F3N4/c1-3-6-21(2)9-11-8-19-20-13(11)10-4-5-12(18-7-10)14(15,16)17/h4-5,7-8H,3,6,9H2,1-2H3,(H,19,20). The van der Waals surface area contributed by atoms with Crippen molar-refractivity contribution >= 4 is 0 Å². The van der Waals surface area contributed by atoms with Gasteiger partial charge in [0.15, 0.2) is 0 Å². The van der Waals surface area contributed by atoms with E-state index in [1.165, 1.54) is 12.3 Å². The molecule has 21 heavy (non-hydrogen) atoms. The fourth-order valence-electron chi connectivity index (χ4n) is 2.14. The lowest BCUT2D eigenvalue weighted by Crippen LogP contribution is -2.18. The number of nitrogens with zero attached hydrogens (tertiary/aromatic N) is 3. The maximum Gasteiger partial charge on any atom is 0.433 e. The van der Waals surface area contributed by atoms with Gasteiger partial charge >= 0.3 is 6.18 Å². The van der Waals surface area contributed by atoms with Gasteiger partial charge in [-0.15, -0.1) is 0 Å². The fraction of sp³-hybridized carbons (Fsp3) is 0.429. The van der Waals surface area contributed by atoms with E-state index in [0.29, 0.717) is 17.8 Å². The van der Waals surface area contributed by atoms with Crippen molar-refractivity contribution in [3.8, 4) is 11.3 Å². The van der Waals surface area contributed by atoms with Gasteiger partial charge in [-0.3, -0.25) is 10.1 Å². The van der Waals surface area contributed by atoms with Crippen LogP contribution in [0.25, 0.3) is 11.3 Å². The van der Waals surface area contributed by atoms with Gasteiger partial charge in [0.25, 0.3) is 0 Å². The van der Waals surface area contributed by atoms with E-state index in [1.54, 1.807) is 6.20 Å². The molecule has 0 aromatic carbocycles. The molecule has 1 N–H and O–H groups in total. The Morgan fingerprint density at radius 1 is 1.29 bits per heavy atom. The van der Waals surface area contributed by atoms with E-state index < -0.39 is 11.9 Å². The lowest BCUT2D eigenvalue weighted by Gasteiger charge is -2.15. The van der Waals surface area contributed by atoms with Crippen LogP contribution in [0.15, 0.2) is 24.5 Å². The molecule has 0 unspecified atom stereocenters. The van der Waals surface area contributed by atoms with Crippen LogP contribution >= 0.6 is 0 Å². The minimum atomic E-state index is -4.42. The van der Waals surface area contributed by atoms with Gasteiger partial charge in [-0.2, -0.15) is 18.3 Å². The number of H-pyrrole nitrogens is 1. The molecule has 0 saturated carbocycles. The molecule has 0 spiro atoms. The van der Waals surface area contributed by atoms with E-state index in [1.807, 2.05) is 7.05 Å². The molecule has 0 amide bonds. The highest BCUT2D eigenvalue weighted by Gasteiger charge is 2.32. The molecule has 0 aliphatic rings. The topological polar surface area (TPSA) is 44.8 Å². The fourth-order valence-corrected chi connectivity index (χ4v) is 2.14. The number of halogens is 3. The van der Waals surface area contributed by atoms with Crippen molar-refractivity contribution in [2.24, 2.45) is 0 Å². The Morgan fingerprint density at radius 2 is 2.05 bits per heavy atom. The van der Waals surface area contributed by atoms with Gasteiger partial charge in [-0.1, -0.05) is 6.92 Å². The van der Waals surface area contributed by atoms with Gasteiger partial charge in [0.2, 0.25) is 0 Å². The Kier molecular flexibility index (Phi) is 4.62. The summed E-state index contributed by atoms with van der Waals surface area (Å²) in [6.45, 7) is 3.71. The molecule has 0 aliphatic heterocycles. The Hall–Kier alpha value is -1.89. The first-order chi connectivity index (χ1) is 9.91. The van der Waals surface area contributed by atoms with Gasteiger partial charge in [0.05, 0.1) is 5.69 Å². The molecule has 7 heteroatoms. The van der Waals surface area contributed by atoms with Crippen LogP contribution in [0, 0.1) is 0 Å². The van der Waals surface area contributed by atoms with Gasteiger partial charge in [-0.25, -0.2) is 0 Å². The van der Waals surface area contributed by atoms with Crippen LogP contribution in [0.4, 0.5) is 13.2 Å². The molecule has 2 aromatic rings. The Morgan fingerprint density at radius 3 is 2.62 bits per heavy atom. The first-order valence-corrected chi connectivity index (χ1v) is 6.66. The average Bonchev–Trinajstić information content (AvgIpc) is 2.86. The summed E-state index contributed by atoms with van der Waals surface area (Å²) >= 11 is 0. The third-order valence-corrected chi connectivity index (χ3v) is 3.09. The van der Waals surface area contributed by atoms with Crippen molar-refractivity contribution in [1.82, 2.24) is 20.1 Å². The molecule has 4 nitrogen and oxygen atoms in total. The minimum absolute atomic E-state index is 0.573. The second-order valence-corrected chi connectivity index (χ2v) is 4.93. The molecular weight excluding hydrogens is 281 g/mol. The van der Waals surface area contributed by atoms with E-state index in [9.17, 15) is 13.2 Å². The predicted molar refractivity (Wildman–Crippen MR) is 73.4 cm³/mol. The predicted octanol–water partition coefficient (Wildman–Crippen LogP) is 3.33. The number of alkyl halides is 3. The molecular formula is C14H17F3N4. The number of hydrogen-bond acceptors (Lipinski definition) is 3. The second kappa shape index (κ2) is 6.26. The number of aromatic amines is 1. The zero-order chi connectivity index (χ0) is 15.5. The number of hydrogen-bond donors (Lipinski definition) is 1. The van der Waals surface area contributed by atoms with Crippen molar-refractivity contribution in [3.05, 3.63) is 35.8 Å². The summed E-state index contributed by atoms with van der Waals surface area (Å²) in [5.41, 5.74) is 1.25. The molecule has 0 atom stereocenters. The summed E-state index contributed by atoms with van der Waals surface area (Å²) in [6.07, 6.45) is -0.415. The summed E-state index contributed by atoms with van der Waals surface area (Å²) in [4.78, 5) is 5.60. The van der Waals surface area contributed by atoms with Crippen LogP contribution in [0.2, 0.25) is 0 Å². The summed E-state index contributed by atoms with van der Waals surface area (Å²) < 4.78 is 37.5. The molecule has 2 aromatic heterocycles. The van der Waals surface area contributed by atoms with E-state index >= 15 is 0 Å². The first kappa shape index (κ1) is 15.5. The molecule has 0 fully saturated rings. The summed E-state index contributed by atoms with van der Waals surface area (Å²) in [7, 11) is 1.99. The molecule has 0 saturated heterocycles. The third-order valence-electron chi connectivity index (χ3n) is 3.09. The Labute approximate surface area is 121 Å². The van der Waals surface area contributed by atoms with Crippen LogP contribution < -0.4 is 0 Å². The summed E-state index contributed by atoms with van der Waals surface area (Å²) in [5.74, 6) is 0. The SMILES string of the molecule is CCCN(C)Cc1c[nH]nc1-c1ccc(C(F)(F)F)nc1. The monoisotopic (exact) mass is 298 g/mol. The highest BCUT2D eigenvalue weighted by atomic mass is 19.4. The van der Waals surface area contributed by atoms with Crippen LogP contribution in [-0.2, 0) is 12.7 Å². The normalized spacial score (nSPS) is 12.1. The third kappa shape index (κ3) is 3.81. The Balaban J connectivity index is 2.21. The highest BCUT2D eigenvalue weighted by Crippen LogP contribution is 2.29. The molecule has 2 heterocycles. The summed E-state index contributed by atoms with van der Waals surface area (Å²) in [6, 6.07) is 2.37. The van der Waals surface area contributed by atoms with Crippen molar-refractivity contribution in [2.75, 3.05) is 13.6 Å². The molecule has 0 aliphatic carbocycles. The second-order valence-electron chi connectivity index (χ2n) is 4.93. The lowest BCUT2D eigenvalue weighted by molar-refractivity contribution is -0.141. The van der Waals surface area contributed by atoms with E-state index in [-0.39, 0.29) is 0 Å². The molecule has 2 rings (SSSR count). The lowest BCUT2D eigenvalue weighted by atomic mass is 10.1. The van der Waals surface area contributed by atoms with Crippen LogP contribution in [0.1, 0.15) is 24.6 Å². The van der Waals surface area contributed by atoms with Gasteiger partial charge in [-0.05, 0) is 32.1 Å². The number of pyridine rings is 1. The van der Waals surface area contributed by atoms with Crippen molar-refractivity contribution in [2.45, 2.75) is 26.1 Å². The van der Waals surface area contributed by atoms with E-state index in [4.69, 9.17) is 0 Å². The minimum Gasteiger partial charge on any atom is -0.302 e. The van der Waals surface area contributed by atoms with Gasteiger partial charge in [0.1, 0.15) is 5.69 Å². The molecule has 0 radical (unpaired) electrons. The largest absolute Gasteiger partial charge is 0.433 e. The average molecular weight is 298 g/mol. The molecule has 114 valence electrons. The number of nitrogens with one attached hydrogen (secondary N) is 1. The molecule has 0 bridgehead atoms. The van der Waals surface area contributed by atoms with Crippen molar-refractivity contribution in [1.29, 1.82) is 0 Å². The highest BCUT2D eigenvalue weighted by molar-refractivity contribution is 5.61. The number of rotatable bonds is 5.